The van der Waals surface area contributed by atoms with Gasteiger partial charge in [0.2, 0.25) is 0 Å². The zero-order valence-electron chi connectivity index (χ0n) is 14.0. The molecule has 0 spiro atoms. The number of carbonyl (C=O) groups is 1. The molecule has 0 radical (unpaired) electrons. The van der Waals surface area contributed by atoms with Crippen LogP contribution in [0.15, 0.2) is 55.0 Å². The standard InChI is InChI=1S/C18H17FN6O/c1-20-18(26)13-8-15(23-10-12-2-4-14(19)5-3-12)24-16(9-13)25-17-11-21-6-7-22-17/h2-9,11H,10H2,1H3,(H,20,26)(H2,22,23,24,25). The number of nitrogens with zero attached hydrogens (tertiary/aromatic N) is 3. The zero-order chi connectivity index (χ0) is 18.4. The van der Waals surface area contributed by atoms with Gasteiger partial charge in [-0.2, -0.15) is 0 Å². The minimum atomic E-state index is -0.288. The molecule has 1 aromatic carbocycles. The van der Waals surface area contributed by atoms with Crippen LogP contribution in [0.4, 0.5) is 21.8 Å². The number of nitrogens with one attached hydrogen (secondary N) is 3. The molecule has 0 aliphatic rings. The SMILES string of the molecule is CNC(=O)c1cc(NCc2ccc(F)cc2)nc(Nc2cnccn2)c1. The van der Waals surface area contributed by atoms with Crippen molar-refractivity contribution < 1.29 is 9.18 Å². The number of carbonyl (C=O) groups excluding carboxylic acids is 1. The highest BCUT2D eigenvalue weighted by Gasteiger charge is 2.09. The van der Waals surface area contributed by atoms with Crippen LogP contribution in [0, 0.1) is 5.82 Å². The van der Waals surface area contributed by atoms with Gasteiger partial charge in [0, 0.05) is 31.5 Å². The zero-order valence-corrected chi connectivity index (χ0v) is 14.0. The molecule has 0 saturated heterocycles. The van der Waals surface area contributed by atoms with Gasteiger partial charge in [-0.3, -0.25) is 9.78 Å². The van der Waals surface area contributed by atoms with Gasteiger partial charge in [0.25, 0.3) is 5.91 Å². The minimum absolute atomic E-state index is 0.237. The van der Waals surface area contributed by atoms with Gasteiger partial charge in [-0.1, -0.05) is 12.1 Å². The van der Waals surface area contributed by atoms with Crippen molar-refractivity contribution >= 4 is 23.4 Å². The first-order valence-electron chi connectivity index (χ1n) is 7.89. The molecule has 0 aliphatic carbocycles. The summed E-state index contributed by atoms with van der Waals surface area (Å²) in [5.74, 6) is 0.942. The fourth-order valence-corrected chi connectivity index (χ4v) is 2.25. The van der Waals surface area contributed by atoms with Gasteiger partial charge in [0.05, 0.1) is 6.20 Å². The molecule has 3 aromatic rings. The third kappa shape index (κ3) is 4.50. The van der Waals surface area contributed by atoms with Crippen LogP contribution in [0.5, 0.6) is 0 Å². The molecule has 3 N–H and O–H groups in total. The predicted molar refractivity (Wildman–Crippen MR) is 96.7 cm³/mol. The van der Waals surface area contributed by atoms with E-state index in [1.165, 1.54) is 12.1 Å². The van der Waals surface area contributed by atoms with E-state index in [9.17, 15) is 9.18 Å². The molecule has 0 fully saturated rings. The van der Waals surface area contributed by atoms with Crippen LogP contribution >= 0.6 is 0 Å². The van der Waals surface area contributed by atoms with E-state index in [4.69, 9.17) is 0 Å². The highest BCUT2D eigenvalue weighted by Crippen LogP contribution is 2.18. The number of hydrogen-bond donors (Lipinski definition) is 3. The third-order valence-corrected chi connectivity index (χ3v) is 3.52. The van der Waals surface area contributed by atoms with E-state index in [1.54, 1.807) is 49.9 Å². The summed E-state index contributed by atoms with van der Waals surface area (Å²) < 4.78 is 13.0. The van der Waals surface area contributed by atoms with E-state index in [0.717, 1.165) is 5.56 Å². The summed E-state index contributed by atoms with van der Waals surface area (Å²) in [7, 11) is 1.56. The molecule has 0 bridgehead atoms. The summed E-state index contributed by atoms with van der Waals surface area (Å²) in [5, 5.41) is 8.74. The van der Waals surface area contributed by atoms with Crippen molar-refractivity contribution in [1.29, 1.82) is 0 Å². The molecule has 2 heterocycles. The summed E-state index contributed by atoms with van der Waals surface area (Å²) in [6.07, 6.45) is 4.67. The Balaban J connectivity index is 1.82. The number of anilines is 3. The summed E-state index contributed by atoms with van der Waals surface area (Å²) in [5.41, 5.74) is 1.33. The van der Waals surface area contributed by atoms with E-state index in [1.807, 2.05) is 0 Å². The third-order valence-electron chi connectivity index (χ3n) is 3.52. The summed E-state index contributed by atoms with van der Waals surface area (Å²) in [6, 6.07) is 9.42. The Morgan fingerprint density at radius 2 is 1.85 bits per heavy atom. The van der Waals surface area contributed by atoms with E-state index in [2.05, 4.69) is 30.9 Å². The van der Waals surface area contributed by atoms with Gasteiger partial charge in [0.1, 0.15) is 23.3 Å². The maximum atomic E-state index is 13.0. The van der Waals surface area contributed by atoms with Crippen LogP contribution in [0.1, 0.15) is 15.9 Å². The molecule has 0 unspecified atom stereocenters. The maximum absolute atomic E-state index is 13.0. The second-order valence-electron chi connectivity index (χ2n) is 5.40. The minimum Gasteiger partial charge on any atom is -0.366 e. The summed E-state index contributed by atoms with van der Waals surface area (Å²) in [4.78, 5) is 24.6. The van der Waals surface area contributed by atoms with E-state index in [-0.39, 0.29) is 11.7 Å². The number of halogens is 1. The average molecular weight is 352 g/mol. The number of rotatable bonds is 6. The first kappa shape index (κ1) is 17.3. The lowest BCUT2D eigenvalue weighted by Gasteiger charge is -2.11. The van der Waals surface area contributed by atoms with Crippen LogP contribution in [-0.4, -0.2) is 27.9 Å². The lowest BCUT2D eigenvalue weighted by Crippen LogP contribution is -2.18. The Bertz CT molecular complexity index is 886. The number of benzene rings is 1. The Kier molecular flexibility index (Phi) is 5.33. The van der Waals surface area contributed by atoms with Gasteiger partial charge in [0.15, 0.2) is 0 Å². The van der Waals surface area contributed by atoms with Crippen LogP contribution in [-0.2, 0) is 6.54 Å². The molecule has 0 aliphatic heterocycles. The Morgan fingerprint density at radius 3 is 2.54 bits per heavy atom. The molecule has 1 amide bonds. The number of aromatic nitrogens is 3. The second kappa shape index (κ2) is 8.02. The lowest BCUT2D eigenvalue weighted by molar-refractivity contribution is 0.0963. The molecule has 7 nitrogen and oxygen atoms in total. The molecule has 8 heteroatoms. The summed E-state index contributed by atoms with van der Waals surface area (Å²) >= 11 is 0. The van der Waals surface area contributed by atoms with Crippen molar-refractivity contribution in [3.8, 4) is 0 Å². The van der Waals surface area contributed by atoms with Crippen molar-refractivity contribution in [2.45, 2.75) is 6.54 Å². The van der Waals surface area contributed by atoms with Crippen LogP contribution in [0.2, 0.25) is 0 Å². The van der Waals surface area contributed by atoms with Crippen molar-refractivity contribution in [3.05, 3.63) is 71.9 Å². The quantitative estimate of drug-likeness (QED) is 0.632. The lowest BCUT2D eigenvalue weighted by atomic mass is 10.2. The highest BCUT2D eigenvalue weighted by molar-refractivity contribution is 5.95. The predicted octanol–water partition coefficient (Wildman–Crippen LogP) is 2.73. The fraction of sp³-hybridized carbons (Fsp3) is 0.111. The second-order valence-corrected chi connectivity index (χ2v) is 5.40. The Morgan fingerprint density at radius 1 is 1.08 bits per heavy atom. The van der Waals surface area contributed by atoms with Gasteiger partial charge >= 0.3 is 0 Å². The topological polar surface area (TPSA) is 91.8 Å². The smallest absolute Gasteiger partial charge is 0.251 e. The van der Waals surface area contributed by atoms with E-state index in [0.29, 0.717) is 29.6 Å². The molecule has 2 aromatic heterocycles. The monoisotopic (exact) mass is 352 g/mol. The molecular weight excluding hydrogens is 335 g/mol. The fourth-order valence-electron chi connectivity index (χ4n) is 2.25. The van der Waals surface area contributed by atoms with Crippen LogP contribution in [0.3, 0.4) is 0 Å². The van der Waals surface area contributed by atoms with Crippen LogP contribution in [0.25, 0.3) is 0 Å². The Labute approximate surface area is 149 Å². The average Bonchev–Trinajstić information content (AvgIpc) is 2.67. The van der Waals surface area contributed by atoms with Crippen molar-refractivity contribution in [2.24, 2.45) is 0 Å². The largest absolute Gasteiger partial charge is 0.366 e. The van der Waals surface area contributed by atoms with Crippen LogP contribution < -0.4 is 16.0 Å². The maximum Gasteiger partial charge on any atom is 0.251 e. The van der Waals surface area contributed by atoms with Gasteiger partial charge < -0.3 is 16.0 Å². The van der Waals surface area contributed by atoms with Crippen molar-refractivity contribution in [3.63, 3.8) is 0 Å². The Hall–Kier alpha value is -3.55. The highest BCUT2D eigenvalue weighted by atomic mass is 19.1. The van der Waals surface area contributed by atoms with E-state index < -0.39 is 0 Å². The number of pyridine rings is 1. The summed E-state index contributed by atoms with van der Waals surface area (Å²) in [6.45, 7) is 0.440. The molecule has 0 atom stereocenters. The van der Waals surface area contributed by atoms with Gasteiger partial charge in [-0.05, 0) is 29.8 Å². The first-order valence-corrected chi connectivity index (χ1v) is 7.89. The van der Waals surface area contributed by atoms with Crippen molar-refractivity contribution in [1.82, 2.24) is 20.3 Å². The van der Waals surface area contributed by atoms with Gasteiger partial charge in [-0.15, -0.1) is 0 Å². The molecule has 26 heavy (non-hydrogen) atoms. The molecule has 3 rings (SSSR count). The number of amides is 1. The molecule has 132 valence electrons. The van der Waals surface area contributed by atoms with Gasteiger partial charge in [-0.25, -0.2) is 14.4 Å². The normalized spacial score (nSPS) is 10.2. The number of hydrogen-bond acceptors (Lipinski definition) is 6. The van der Waals surface area contributed by atoms with E-state index >= 15 is 0 Å². The molecule has 0 saturated carbocycles. The molecular formula is C18H17FN6O. The first-order chi connectivity index (χ1) is 12.6. The van der Waals surface area contributed by atoms with Crippen molar-refractivity contribution in [2.75, 3.05) is 17.7 Å².